The molecule has 1 aromatic heterocycles. The van der Waals surface area contributed by atoms with E-state index in [2.05, 4.69) is 46.6 Å². The summed E-state index contributed by atoms with van der Waals surface area (Å²) in [5, 5.41) is 9.94. The first-order chi connectivity index (χ1) is 12.6. The van der Waals surface area contributed by atoms with E-state index in [1.165, 1.54) is 19.5 Å². The maximum Gasteiger partial charge on any atom is 0.132 e. The monoisotopic (exact) mass is 361 g/mol. The van der Waals surface area contributed by atoms with Gasteiger partial charge in [0.2, 0.25) is 0 Å². The average Bonchev–Trinajstić information content (AvgIpc) is 2.91. The number of hydrogen-bond donors (Lipinski definition) is 1. The fourth-order valence-corrected chi connectivity index (χ4v) is 4.26. The molecule has 3 rings (SSSR count). The molecule has 0 aliphatic carbocycles. The molecule has 146 valence electrons. The minimum Gasteiger partial charge on any atom is -0.396 e. The minimum atomic E-state index is 0.265. The van der Waals surface area contributed by atoms with Gasteiger partial charge in [-0.05, 0) is 45.8 Å². The van der Waals surface area contributed by atoms with Gasteiger partial charge in [-0.15, -0.1) is 0 Å². The van der Waals surface area contributed by atoms with Crippen LogP contribution in [0.4, 0.5) is 5.82 Å². The van der Waals surface area contributed by atoms with Crippen molar-refractivity contribution in [3.8, 4) is 0 Å². The molecule has 6 heteroatoms. The van der Waals surface area contributed by atoms with Gasteiger partial charge >= 0.3 is 0 Å². The first-order valence-corrected chi connectivity index (χ1v) is 10.2. The van der Waals surface area contributed by atoms with E-state index in [9.17, 15) is 5.11 Å². The van der Waals surface area contributed by atoms with Gasteiger partial charge in [0.05, 0.1) is 0 Å². The fourth-order valence-electron chi connectivity index (χ4n) is 4.26. The van der Waals surface area contributed by atoms with Gasteiger partial charge in [0.15, 0.2) is 0 Å². The van der Waals surface area contributed by atoms with Crippen molar-refractivity contribution in [2.45, 2.75) is 33.1 Å². The predicted octanol–water partition coefficient (Wildman–Crippen LogP) is 1.42. The van der Waals surface area contributed by atoms with Crippen molar-refractivity contribution in [1.29, 1.82) is 0 Å². The largest absolute Gasteiger partial charge is 0.396 e. The third-order valence-corrected chi connectivity index (χ3v) is 5.80. The van der Waals surface area contributed by atoms with Gasteiger partial charge in [0, 0.05) is 63.4 Å². The van der Waals surface area contributed by atoms with E-state index >= 15 is 0 Å². The van der Waals surface area contributed by atoms with Crippen LogP contribution in [-0.2, 0) is 6.42 Å². The van der Waals surface area contributed by atoms with Crippen LogP contribution in [0.2, 0.25) is 0 Å². The normalized spacial score (nSPS) is 25.6. The fraction of sp³-hybridized carbons (Fsp3) is 0.800. The summed E-state index contributed by atoms with van der Waals surface area (Å²) in [6.07, 6.45) is 3.23. The molecule has 2 atom stereocenters. The first kappa shape index (κ1) is 19.5. The van der Waals surface area contributed by atoms with Crippen LogP contribution in [-0.4, -0.2) is 84.3 Å². The molecule has 0 radical (unpaired) electrons. The van der Waals surface area contributed by atoms with Crippen LogP contribution in [0.25, 0.3) is 0 Å². The van der Waals surface area contributed by atoms with Gasteiger partial charge in [-0.2, -0.15) is 0 Å². The van der Waals surface area contributed by atoms with E-state index in [4.69, 9.17) is 4.98 Å². The number of rotatable bonds is 6. The molecule has 0 aromatic carbocycles. The third kappa shape index (κ3) is 4.93. The molecule has 0 unspecified atom stereocenters. The molecular formula is C20H35N5O. The summed E-state index contributed by atoms with van der Waals surface area (Å²) in [7, 11) is 2.21. The summed E-state index contributed by atoms with van der Waals surface area (Å²) in [6.45, 7) is 12.1. The highest BCUT2D eigenvalue weighted by Gasteiger charge is 2.34. The summed E-state index contributed by atoms with van der Waals surface area (Å²) in [5.74, 6) is 2.83. The van der Waals surface area contributed by atoms with Gasteiger partial charge in [0.1, 0.15) is 11.6 Å². The molecule has 3 heterocycles. The predicted molar refractivity (Wildman–Crippen MR) is 106 cm³/mol. The van der Waals surface area contributed by atoms with Crippen molar-refractivity contribution in [1.82, 2.24) is 19.8 Å². The lowest BCUT2D eigenvalue weighted by Crippen LogP contribution is -2.36. The zero-order chi connectivity index (χ0) is 18.5. The molecule has 1 N–H and O–H groups in total. The van der Waals surface area contributed by atoms with Gasteiger partial charge in [0.25, 0.3) is 0 Å². The Morgan fingerprint density at radius 1 is 1.12 bits per heavy atom. The van der Waals surface area contributed by atoms with E-state index in [-0.39, 0.29) is 6.61 Å². The highest BCUT2D eigenvalue weighted by Crippen LogP contribution is 2.28. The Morgan fingerprint density at radius 2 is 1.92 bits per heavy atom. The highest BCUT2D eigenvalue weighted by atomic mass is 16.3. The molecular weight excluding hydrogens is 326 g/mol. The zero-order valence-corrected chi connectivity index (χ0v) is 16.7. The van der Waals surface area contributed by atoms with Crippen molar-refractivity contribution in [3.63, 3.8) is 0 Å². The maximum atomic E-state index is 9.94. The molecule has 2 saturated heterocycles. The van der Waals surface area contributed by atoms with Crippen LogP contribution < -0.4 is 4.90 Å². The zero-order valence-electron chi connectivity index (χ0n) is 16.7. The number of likely N-dealkylation sites (N-methyl/N-ethyl adjacent to an activating group) is 1. The molecule has 0 bridgehead atoms. The summed E-state index contributed by atoms with van der Waals surface area (Å²) in [4.78, 5) is 16.7. The van der Waals surface area contributed by atoms with Crippen LogP contribution in [0.15, 0.2) is 6.07 Å². The molecule has 26 heavy (non-hydrogen) atoms. The summed E-state index contributed by atoms with van der Waals surface area (Å²) in [5.41, 5.74) is 1.04. The van der Waals surface area contributed by atoms with Gasteiger partial charge < -0.3 is 19.8 Å². The number of anilines is 1. The Kier molecular flexibility index (Phi) is 6.84. The molecule has 0 saturated carbocycles. The topological polar surface area (TPSA) is 55.7 Å². The van der Waals surface area contributed by atoms with Crippen LogP contribution in [0.1, 0.15) is 31.3 Å². The number of aliphatic hydroxyl groups is 1. The van der Waals surface area contributed by atoms with E-state index in [1.54, 1.807) is 0 Å². The number of hydrogen-bond acceptors (Lipinski definition) is 6. The van der Waals surface area contributed by atoms with E-state index in [1.807, 2.05) is 0 Å². The Bertz CT molecular complexity index is 581. The van der Waals surface area contributed by atoms with Crippen LogP contribution in [0.5, 0.6) is 0 Å². The number of aromatic nitrogens is 2. The Balaban J connectivity index is 1.66. The van der Waals surface area contributed by atoms with Crippen LogP contribution in [0.3, 0.4) is 0 Å². The van der Waals surface area contributed by atoms with E-state index < -0.39 is 0 Å². The van der Waals surface area contributed by atoms with Gasteiger partial charge in [-0.1, -0.05) is 6.92 Å². The molecule has 6 nitrogen and oxygen atoms in total. The van der Waals surface area contributed by atoms with Crippen molar-refractivity contribution in [2.24, 2.45) is 11.8 Å². The molecule has 2 aliphatic heterocycles. The first-order valence-electron chi connectivity index (χ1n) is 10.2. The van der Waals surface area contributed by atoms with Crippen LogP contribution in [0, 0.1) is 18.8 Å². The Morgan fingerprint density at radius 3 is 2.69 bits per heavy atom. The quantitative estimate of drug-likeness (QED) is 0.827. The SMILES string of the molecule is CCCc1nc(C)cc(N2C[C@@H](CN3CCCN(C)CC3)[C@@H](CO)C2)n1. The highest BCUT2D eigenvalue weighted by molar-refractivity contribution is 5.41. The second kappa shape index (κ2) is 9.11. The van der Waals surface area contributed by atoms with Crippen LogP contribution >= 0.6 is 0 Å². The number of aliphatic hydroxyl groups excluding tert-OH is 1. The second-order valence-electron chi connectivity index (χ2n) is 8.10. The number of aryl methyl sites for hydroxylation is 2. The Labute approximate surface area is 158 Å². The summed E-state index contributed by atoms with van der Waals surface area (Å²) in [6, 6.07) is 2.09. The molecule has 1 aromatic rings. The summed E-state index contributed by atoms with van der Waals surface area (Å²) >= 11 is 0. The molecule has 0 amide bonds. The number of nitrogens with zero attached hydrogens (tertiary/aromatic N) is 5. The minimum absolute atomic E-state index is 0.265. The average molecular weight is 362 g/mol. The molecule has 2 aliphatic rings. The third-order valence-electron chi connectivity index (χ3n) is 5.80. The lowest BCUT2D eigenvalue weighted by molar-refractivity contribution is 0.165. The molecule has 2 fully saturated rings. The lowest BCUT2D eigenvalue weighted by Gasteiger charge is -2.26. The van der Waals surface area contributed by atoms with Gasteiger partial charge in [-0.3, -0.25) is 0 Å². The second-order valence-corrected chi connectivity index (χ2v) is 8.10. The van der Waals surface area contributed by atoms with Crippen molar-refractivity contribution >= 4 is 5.82 Å². The van der Waals surface area contributed by atoms with Gasteiger partial charge in [-0.25, -0.2) is 9.97 Å². The standard InChI is InChI=1S/C20H35N5O/c1-4-6-19-21-16(2)11-20(22-19)25-13-17(18(14-25)15-26)12-24-8-5-7-23(3)9-10-24/h11,17-18,26H,4-10,12-15H2,1-3H3/t17-,18-/m1/s1. The molecule has 0 spiro atoms. The maximum absolute atomic E-state index is 9.94. The summed E-state index contributed by atoms with van der Waals surface area (Å²) < 4.78 is 0. The van der Waals surface area contributed by atoms with E-state index in [0.717, 1.165) is 62.9 Å². The smallest absolute Gasteiger partial charge is 0.132 e. The van der Waals surface area contributed by atoms with E-state index in [0.29, 0.717) is 11.8 Å². The lowest BCUT2D eigenvalue weighted by atomic mass is 9.96. The van der Waals surface area contributed by atoms with Crippen molar-refractivity contribution in [2.75, 3.05) is 64.4 Å². The van der Waals surface area contributed by atoms with Crippen molar-refractivity contribution < 1.29 is 5.11 Å². The Hall–Kier alpha value is -1.24. The van der Waals surface area contributed by atoms with Crippen molar-refractivity contribution in [3.05, 3.63) is 17.6 Å².